The first-order valence-electron chi connectivity index (χ1n) is 12.2. The van der Waals surface area contributed by atoms with E-state index in [1.807, 2.05) is 20.8 Å². The van der Waals surface area contributed by atoms with E-state index >= 15 is 0 Å². The molecular formula is C23H51FO3Si. The van der Waals surface area contributed by atoms with Crippen LogP contribution in [0.4, 0.5) is 4.39 Å². The maximum absolute atomic E-state index is 11.8. The average Bonchev–Trinajstić information content (AvgIpc) is 2.69. The zero-order chi connectivity index (χ0) is 21.1. The van der Waals surface area contributed by atoms with E-state index in [0.717, 1.165) is 12.8 Å². The normalized spacial score (nSPS) is 10.9. The third-order valence-corrected chi connectivity index (χ3v) is 6.46. The third kappa shape index (κ3) is 28.2. The smallest absolute Gasteiger partial charge is 0.376 e. The van der Waals surface area contributed by atoms with Crippen molar-refractivity contribution in [2.75, 3.05) is 26.5 Å². The quantitative estimate of drug-likeness (QED) is 0.140. The minimum absolute atomic E-state index is 0.127. The van der Waals surface area contributed by atoms with Gasteiger partial charge < -0.3 is 13.3 Å². The molecule has 0 heterocycles. The summed E-state index contributed by atoms with van der Waals surface area (Å²) in [5.41, 5.74) is 0. The van der Waals surface area contributed by atoms with E-state index in [-0.39, 0.29) is 6.67 Å². The average molecular weight is 423 g/mol. The van der Waals surface area contributed by atoms with E-state index in [2.05, 4.69) is 6.92 Å². The van der Waals surface area contributed by atoms with Crippen LogP contribution in [0.25, 0.3) is 0 Å². The molecule has 0 fully saturated rings. The van der Waals surface area contributed by atoms with Crippen molar-refractivity contribution in [3.8, 4) is 0 Å². The van der Waals surface area contributed by atoms with Gasteiger partial charge in [-0.25, -0.2) is 0 Å². The molecule has 0 amide bonds. The van der Waals surface area contributed by atoms with Crippen molar-refractivity contribution in [3.63, 3.8) is 0 Å². The molecule has 0 aliphatic carbocycles. The Morgan fingerprint density at radius 1 is 0.464 bits per heavy atom. The summed E-state index contributed by atoms with van der Waals surface area (Å²) in [6.45, 7) is 10.0. The molecule has 0 unspecified atom stereocenters. The standard InChI is InChI=1S/C17H35F.C6H16O3Si/c1-2-3-4-5-6-7-8-9-10-11-12-13-14-15-16-17-18;1-4-7-10(8-5-2)9-6-3/h2-17H2,1H3;10H,4-6H2,1-3H3. The highest BCUT2D eigenvalue weighted by molar-refractivity contribution is 6.36. The van der Waals surface area contributed by atoms with Gasteiger partial charge in [-0.05, 0) is 27.2 Å². The van der Waals surface area contributed by atoms with Crippen LogP contribution >= 0.6 is 0 Å². The summed E-state index contributed by atoms with van der Waals surface area (Å²) in [5, 5.41) is 0. The lowest BCUT2D eigenvalue weighted by Crippen LogP contribution is -2.27. The fraction of sp³-hybridized carbons (Fsp3) is 1.00. The maximum atomic E-state index is 11.8. The number of rotatable bonds is 21. The minimum Gasteiger partial charge on any atom is -0.376 e. The summed E-state index contributed by atoms with van der Waals surface area (Å²) >= 11 is 0. The predicted molar refractivity (Wildman–Crippen MR) is 123 cm³/mol. The molecule has 0 saturated heterocycles. The van der Waals surface area contributed by atoms with Gasteiger partial charge in [0.05, 0.1) is 6.67 Å². The molecule has 172 valence electrons. The highest BCUT2D eigenvalue weighted by Gasteiger charge is 2.11. The summed E-state index contributed by atoms with van der Waals surface area (Å²) in [7, 11) is -1.73. The first kappa shape index (κ1) is 30.2. The van der Waals surface area contributed by atoms with Crippen LogP contribution in [0.2, 0.25) is 0 Å². The van der Waals surface area contributed by atoms with Crippen molar-refractivity contribution in [2.45, 2.75) is 124 Å². The van der Waals surface area contributed by atoms with Gasteiger partial charge in [0, 0.05) is 19.8 Å². The first-order chi connectivity index (χ1) is 13.8. The van der Waals surface area contributed by atoms with Crippen molar-refractivity contribution >= 4 is 9.53 Å². The van der Waals surface area contributed by atoms with E-state index < -0.39 is 9.53 Å². The van der Waals surface area contributed by atoms with E-state index in [0.29, 0.717) is 19.8 Å². The molecule has 0 atom stereocenters. The summed E-state index contributed by atoms with van der Waals surface area (Å²) in [6.07, 6.45) is 20.0. The fourth-order valence-corrected chi connectivity index (χ4v) is 4.12. The summed E-state index contributed by atoms with van der Waals surface area (Å²) in [5.74, 6) is 0. The van der Waals surface area contributed by atoms with Gasteiger partial charge in [0.25, 0.3) is 0 Å². The number of hydrogen-bond donors (Lipinski definition) is 0. The van der Waals surface area contributed by atoms with E-state index in [1.165, 1.54) is 83.5 Å². The Hall–Kier alpha value is 0.0269. The Kier molecular flexibility index (Phi) is 31.5. The van der Waals surface area contributed by atoms with Gasteiger partial charge in [-0.15, -0.1) is 0 Å². The van der Waals surface area contributed by atoms with Gasteiger partial charge in [-0.3, -0.25) is 4.39 Å². The Labute approximate surface area is 178 Å². The van der Waals surface area contributed by atoms with Crippen LogP contribution in [0.3, 0.4) is 0 Å². The zero-order valence-electron chi connectivity index (χ0n) is 19.6. The molecule has 0 aromatic rings. The lowest BCUT2D eigenvalue weighted by Gasteiger charge is -2.12. The van der Waals surface area contributed by atoms with Gasteiger partial charge in [-0.1, -0.05) is 96.8 Å². The fourth-order valence-electron chi connectivity index (χ4n) is 3.02. The van der Waals surface area contributed by atoms with Gasteiger partial charge in [-0.2, -0.15) is 0 Å². The minimum atomic E-state index is -1.73. The molecule has 0 bridgehead atoms. The molecule has 0 aromatic carbocycles. The van der Waals surface area contributed by atoms with Crippen LogP contribution in [0.5, 0.6) is 0 Å². The second-order valence-corrected chi connectivity index (χ2v) is 8.87. The number of hydrogen-bond acceptors (Lipinski definition) is 3. The Bertz CT molecular complexity index is 228. The summed E-state index contributed by atoms with van der Waals surface area (Å²) < 4.78 is 27.5. The van der Waals surface area contributed by atoms with Crippen molar-refractivity contribution < 1.29 is 17.7 Å². The second kappa shape index (κ2) is 29.2. The Morgan fingerprint density at radius 2 is 0.750 bits per heavy atom. The number of unbranched alkanes of at least 4 members (excludes halogenated alkanes) is 14. The molecule has 0 radical (unpaired) electrons. The first-order valence-corrected chi connectivity index (χ1v) is 13.6. The molecule has 0 aliphatic rings. The Balaban J connectivity index is 0. The molecule has 5 heteroatoms. The van der Waals surface area contributed by atoms with E-state index in [1.54, 1.807) is 0 Å². The summed E-state index contributed by atoms with van der Waals surface area (Å²) in [6, 6.07) is 0. The highest BCUT2D eigenvalue weighted by Crippen LogP contribution is 2.13. The van der Waals surface area contributed by atoms with Crippen LogP contribution in [-0.4, -0.2) is 36.0 Å². The van der Waals surface area contributed by atoms with Crippen LogP contribution in [0, 0.1) is 0 Å². The monoisotopic (exact) mass is 422 g/mol. The van der Waals surface area contributed by atoms with Gasteiger partial charge in [0.1, 0.15) is 0 Å². The molecule has 0 N–H and O–H groups in total. The van der Waals surface area contributed by atoms with Crippen molar-refractivity contribution in [1.82, 2.24) is 0 Å². The second-order valence-electron chi connectivity index (χ2n) is 7.29. The molecule has 28 heavy (non-hydrogen) atoms. The molecule has 0 spiro atoms. The number of halogens is 1. The number of alkyl halides is 1. The van der Waals surface area contributed by atoms with E-state index in [9.17, 15) is 4.39 Å². The molecule has 0 saturated carbocycles. The van der Waals surface area contributed by atoms with Crippen LogP contribution in [0.15, 0.2) is 0 Å². The van der Waals surface area contributed by atoms with Gasteiger partial charge in [0.2, 0.25) is 0 Å². The lowest BCUT2D eigenvalue weighted by molar-refractivity contribution is 0.107. The van der Waals surface area contributed by atoms with Crippen molar-refractivity contribution in [2.24, 2.45) is 0 Å². The van der Waals surface area contributed by atoms with E-state index in [4.69, 9.17) is 13.3 Å². The topological polar surface area (TPSA) is 27.7 Å². The van der Waals surface area contributed by atoms with Gasteiger partial charge >= 0.3 is 9.53 Å². The van der Waals surface area contributed by atoms with Crippen LogP contribution in [-0.2, 0) is 13.3 Å². The van der Waals surface area contributed by atoms with Crippen LogP contribution < -0.4 is 0 Å². The summed E-state index contributed by atoms with van der Waals surface area (Å²) in [4.78, 5) is 0. The molecule has 0 rings (SSSR count). The molecule has 3 nitrogen and oxygen atoms in total. The molecular weight excluding hydrogens is 371 g/mol. The SMILES string of the molecule is CCCCCCCCCCCCCCCCCF.CCO[SiH](OCC)OCC. The molecule has 0 aromatic heterocycles. The predicted octanol–water partition coefficient (Wildman–Crippen LogP) is 7.64. The largest absolute Gasteiger partial charge is 0.484 e. The van der Waals surface area contributed by atoms with Crippen LogP contribution in [0.1, 0.15) is 124 Å². The van der Waals surface area contributed by atoms with Gasteiger partial charge in [0.15, 0.2) is 0 Å². The highest BCUT2D eigenvalue weighted by atomic mass is 28.3. The third-order valence-electron chi connectivity index (χ3n) is 4.65. The molecule has 0 aliphatic heterocycles. The maximum Gasteiger partial charge on any atom is 0.484 e. The lowest BCUT2D eigenvalue weighted by atomic mass is 10.0. The zero-order valence-corrected chi connectivity index (χ0v) is 20.8. The Morgan fingerprint density at radius 3 is 1.00 bits per heavy atom. The van der Waals surface area contributed by atoms with Crippen molar-refractivity contribution in [3.05, 3.63) is 0 Å². The van der Waals surface area contributed by atoms with Crippen molar-refractivity contribution in [1.29, 1.82) is 0 Å².